The van der Waals surface area contributed by atoms with Crippen LogP contribution in [0, 0.1) is 12.7 Å². The van der Waals surface area contributed by atoms with Crippen molar-refractivity contribution in [1.82, 2.24) is 4.31 Å². The Balaban J connectivity index is 1.58. The first-order valence-electron chi connectivity index (χ1n) is 8.84. The molecule has 2 aromatic rings. The number of hydrogen-bond donors (Lipinski definition) is 2. The number of nitrogens with one attached hydrogen (secondary N) is 2. The van der Waals surface area contributed by atoms with Crippen LogP contribution in [0.4, 0.5) is 15.8 Å². The Morgan fingerprint density at radius 2 is 1.82 bits per heavy atom. The third kappa shape index (κ3) is 4.86. The van der Waals surface area contributed by atoms with E-state index in [0.717, 1.165) is 0 Å². The summed E-state index contributed by atoms with van der Waals surface area (Å²) in [6.07, 6.45) is 0. The summed E-state index contributed by atoms with van der Waals surface area (Å²) in [5.41, 5.74) is 1.86. The highest BCUT2D eigenvalue weighted by Crippen LogP contribution is 2.20. The molecule has 2 aromatic carbocycles. The van der Waals surface area contributed by atoms with Crippen molar-refractivity contribution < 1.29 is 22.3 Å². The van der Waals surface area contributed by atoms with E-state index in [0.29, 0.717) is 43.2 Å². The summed E-state index contributed by atoms with van der Waals surface area (Å²) in [7, 11) is -3.56. The van der Waals surface area contributed by atoms with E-state index in [9.17, 15) is 17.6 Å². The number of anilines is 2. The van der Waals surface area contributed by atoms with Gasteiger partial charge >= 0.3 is 0 Å². The normalized spacial score (nSPS) is 15.2. The molecule has 0 unspecified atom stereocenters. The van der Waals surface area contributed by atoms with Crippen LogP contribution < -0.4 is 10.6 Å². The summed E-state index contributed by atoms with van der Waals surface area (Å²) < 4.78 is 44.8. The summed E-state index contributed by atoms with van der Waals surface area (Å²) in [5.74, 6) is -0.632. The van der Waals surface area contributed by atoms with Gasteiger partial charge < -0.3 is 15.4 Å². The molecule has 1 heterocycles. The zero-order chi connectivity index (χ0) is 20.1. The molecule has 150 valence electrons. The number of morpholine rings is 1. The summed E-state index contributed by atoms with van der Waals surface area (Å²) in [6, 6.07) is 10.3. The smallest absolute Gasteiger partial charge is 0.243 e. The van der Waals surface area contributed by atoms with Gasteiger partial charge in [-0.15, -0.1) is 0 Å². The van der Waals surface area contributed by atoms with Gasteiger partial charge in [0.2, 0.25) is 15.9 Å². The van der Waals surface area contributed by atoms with E-state index < -0.39 is 10.0 Å². The van der Waals surface area contributed by atoms with Gasteiger partial charge in [-0.25, -0.2) is 12.8 Å². The molecular formula is C19H22FN3O4S. The number of amides is 1. The maximum absolute atomic E-state index is 13.1. The van der Waals surface area contributed by atoms with Crippen LogP contribution in [0.5, 0.6) is 0 Å². The molecule has 1 aliphatic rings. The summed E-state index contributed by atoms with van der Waals surface area (Å²) >= 11 is 0. The Hall–Kier alpha value is -2.49. The van der Waals surface area contributed by atoms with Gasteiger partial charge in [0.1, 0.15) is 5.82 Å². The number of benzene rings is 2. The van der Waals surface area contributed by atoms with E-state index in [-0.39, 0.29) is 23.2 Å². The quantitative estimate of drug-likeness (QED) is 0.767. The Bertz CT molecular complexity index is 942. The van der Waals surface area contributed by atoms with Crippen LogP contribution >= 0.6 is 0 Å². The Morgan fingerprint density at radius 1 is 1.14 bits per heavy atom. The van der Waals surface area contributed by atoms with Crippen molar-refractivity contribution >= 4 is 27.3 Å². The SMILES string of the molecule is Cc1cc(F)ccc1NCC(=O)Nc1ccc(S(=O)(=O)N2CCOCC2)cc1. The number of carbonyl (C=O) groups excluding carboxylic acids is 1. The summed E-state index contributed by atoms with van der Waals surface area (Å²) in [5, 5.41) is 5.64. The maximum atomic E-state index is 13.1. The zero-order valence-corrected chi connectivity index (χ0v) is 16.3. The highest BCUT2D eigenvalue weighted by Gasteiger charge is 2.26. The second kappa shape index (κ2) is 8.68. The molecule has 28 heavy (non-hydrogen) atoms. The van der Waals surface area contributed by atoms with E-state index in [1.807, 2.05) is 0 Å². The minimum absolute atomic E-state index is 0.000298. The second-order valence-corrected chi connectivity index (χ2v) is 8.34. The third-order valence-corrected chi connectivity index (χ3v) is 6.29. The number of sulfonamides is 1. The molecule has 2 N–H and O–H groups in total. The van der Waals surface area contributed by atoms with E-state index in [4.69, 9.17) is 4.74 Å². The average Bonchev–Trinajstić information content (AvgIpc) is 2.68. The maximum Gasteiger partial charge on any atom is 0.243 e. The van der Waals surface area contributed by atoms with E-state index >= 15 is 0 Å². The number of hydrogen-bond acceptors (Lipinski definition) is 5. The molecule has 0 aromatic heterocycles. The highest BCUT2D eigenvalue weighted by atomic mass is 32.2. The lowest BCUT2D eigenvalue weighted by Crippen LogP contribution is -2.40. The number of halogens is 1. The lowest BCUT2D eigenvalue weighted by Gasteiger charge is -2.26. The van der Waals surface area contributed by atoms with Crippen LogP contribution in [0.3, 0.4) is 0 Å². The van der Waals surface area contributed by atoms with Gasteiger partial charge in [-0.05, 0) is 55.0 Å². The van der Waals surface area contributed by atoms with Gasteiger partial charge in [0.15, 0.2) is 0 Å². The lowest BCUT2D eigenvalue weighted by atomic mass is 10.2. The van der Waals surface area contributed by atoms with Gasteiger partial charge in [-0.3, -0.25) is 4.79 Å². The van der Waals surface area contributed by atoms with Gasteiger partial charge in [0, 0.05) is 24.5 Å². The number of carbonyl (C=O) groups is 1. The Morgan fingerprint density at radius 3 is 2.46 bits per heavy atom. The highest BCUT2D eigenvalue weighted by molar-refractivity contribution is 7.89. The van der Waals surface area contributed by atoms with Crippen molar-refractivity contribution in [2.75, 3.05) is 43.5 Å². The molecule has 0 aliphatic carbocycles. The second-order valence-electron chi connectivity index (χ2n) is 6.40. The summed E-state index contributed by atoms with van der Waals surface area (Å²) in [4.78, 5) is 12.3. The Kier molecular flexibility index (Phi) is 6.28. The molecule has 0 spiro atoms. The predicted octanol–water partition coefficient (Wildman–Crippen LogP) is 2.21. The number of nitrogens with zero attached hydrogens (tertiary/aromatic N) is 1. The predicted molar refractivity (Wildman–Crippen MR) is 104 cm³/mol. The molecule has 0 saturated carbocycles. The van der Waals surface area contributed by atoms with Crippen molar-refractivity contribution in [2.45, 2.75) is 11.8 Å². The molecule has 0 bridgehead atoms. The Labute approximate surface area is 163 Å². The molecule has 1 fully saturated rings. The van der Waals surface area contributed by atoms with Crippen molar-refractivity contribution in [3.8, 4) is 0 Å². The first kappa shape index (κ1) is 20.2. The van der Waals surface area contributed by atoms with E-state index in [1.165, 1.54) is 28.6 Å². The van der Waals surface area contributed by atoms with Gasteiger partial charge in [0.25, 0.3) is 0 Å². The molecule has 9 heteroatoms. The molecule has 0 radical (unpaired) electrons. The van der Waals surface area contributed by atoms with Gasteiger partial charge in [-0.2, -0.15) is 4.31 Å². The third-order valence-electron chi connectivity index (χ3n) is 4.37. The van der Waals surface area contributed by atoms with Crippen molar-refractivity contribution in [3.63, 3.8) is 0 Å². The fourth-order valence-corrected chi connectivity index (χ4v) is 4.26. The standard InChI is InChI=1S/C19H22FN3O4S/c1-14-12-15(20)2-7-18(14)21-13-19(24)22-16-3-5-17(6-4-16)28(25,26)23-8-10-27-11-9-23/h2-7,12,21H,8-11,13H2,1H3,(H,22,24). The number of rotatable bonds is 6. The first-order chi connectivity index (χ1) is 13.4. The molecular weight excluding hydrogens is 385 g/mol. The minimum atomic E-state index is -3.56. The van der Waals surface area contributed by atoms with E-state index in [2.05, 4.69) is 10.6 Å². The van der Waals surface area contributed by atoms with Crippen molar-refractivity contribution in [2.24, 2.45) is 0 Å². The van der Waals surface area contributed by atoms with Crippen LogP contribution in [0.25, 0.3) is 0 Å². The lowest BCUT2D eigenvalue weighted by molar-refractivity contribution is -0.114. The number of aryl methyl sites for hydroxylation is 1. The summed E-state index contributed by atoms with van der Waals surface area (Å²) in [6.45, 7) is 3.17. The van der Waals surface area contributed by atoms with Gasteiger partial charge in [-0.1, -0.05) is 0 Å². The average molecular weight is 407 g/mol. The van der Waals surface area contributed by atoms with Gasteiger partial charge in [0.05, 0.1) is 24.7 Å². The molecule has 0 atom stereocenters. The van der Waals surface area contributed by atoms with Crippen LogP contribution in [-0.2, 0) is 19.6 Å². The van der Waals surface area contributed by atoms with Crippen molar-refractivity contribution in [1.29, 1.82) is 0 Å². The molecule has 7 nitrogen and oxygen atoms in total. The molecule has 3 rings (SSSR count). The van der Waals surface area contributed by atoms with Crippen LogP contribution in [-0.4, -0.2) is 51.5 Å². The van der Waals surface area contributed by atoms with Crippen molar-refractivity contribution in [3.05, 3.63) is 53.8 Å². The van der Waals surface area contributed by atoms with E-state index in [1.54, 1.807) is 25.1 Å². The minimum Gasteiger partial charge on any atom is -0.379 e. The first-order valence-corrected chi connectivity index (χ1v) is 10.3. The number of ether oxygens (including phenoxy) is 1. The van der Waals surface area contributed by atoms with Crippen LogP contribution in [0.2, 0.25) is 0 Å². The van der Waals surface area contributed by atoms with Crippen LogP contribution in [0.1, 0.15) is 5.56 Å². The fourth-order valence-electron chi connectivity index (χ4n) is 2.85. The molecule has 1 aliphatic heterocycles. The largest absolute Gasteiger partial charge is 0.379 e. The monoisotopic (exact) mass is 407 g/mol. The molecule has 1 saturated heterocycles. The zero-order valence-electron chi connectivity index (χ0n) is 15.4. The van der Waals surface area contributed by atoms with Crippen LogP contribution in [0.15, 0.2) is 47.4 Å². The topological polar surface area (TPSA) is 87.7 Å². The molecule has 1 amide bonds. The fraction of sp³-hybridized carbons (Fsp3) is 0.316.